The maximum Gasteiger partial charge on any atom is 0.586 e. The van der Waals surface area contributed by atoms with E-state index in [-0.39, 0.29) is 17.5 Å². The van der Waals surface area contributed by atoms with E-state index in [1.807, 2.05) is 12.3 Å². The van der Waals surface area contributed by atoms with Crippen molar-refractivity contribution in [2.24, 2.45) is 0 Å². The number of hydrogen-bond acceptors (Lipinski definition) is 5. The predicted molar refractivity (Wildman–Crippen MR) is 66.8 cm³/mol. The van der Waals surface area contributed by atoms with E-state index >= 15 is 0 Å². The molecule has 0 radical (unpaired) electrons. The molecule has 0 aliphatic carbocycles. The summed E-state index contributed by atoms with van der Waals surface area (Å²) >= 11 is 1.50. The summed E-state index contributed by atoms with van der Waals surface area (Å²) in [5.41, 5.74) is 3.31. The Morgan fingerprint density at radius 1 is 1.32 bits per heavy atom. The first-order chi connectivity index (χ1) is 9.03. The van der Waals surface area contributed by atoms with Gasteiger partial charge >= 0.3 is 6.29 Å². The maximum absolute atomic E-state index is 12.9. The van der Waals surface area contributed by atoms with Crippen molar-refractivity contribution >= 4 is 17.0 Å². The van der Waals surface area contributed by atoms with Gasteiger partial charge in [0.25, 0.3) is 0 Å². The highest BCUT2D eigenvalue weighted by Crippen LogP contribution is 2.42. The molecule has 7 heteroatoms. The second kappa shape index (κ2) is 4.34. The molecule has 0 saturated carbocycles. The summed E-state index contributed by atoms with van der Waals surface area (Å²) in [5, 5.41) is 5.09. The minimum absolute atomic E-state index is 0.0212. The summed E-state index contributed by atoms with van der Waals surface area (Å²) in [6.45, 7) is 1.94. The van der Waals surface area contributed by atoms with Crippen molar-refractivity contribution in [1.29, 1.82) is 0 Å². The van der Waals surface area contributed by atoms with Crippen LogP contribution >= 0.6 is 11.3 Å². The van der Waals surface area contributed by atoms with E-state index in [0.29, 0.717) is 5.69 Å². The zero-order chi connectivity index (χ0) is 13.5. The van der Waals surface area contributed by atoms with Crippen LogP contribution in [0.4, 0.5) is 14.5 Å². The zero-order valence-electron chi connectivity index (χ0n) is 9.89. The number of alkyl halides is 2. The monoisotopic (exact) mass is 284 g/mol. The first kappa shape index (κ1) is 12.2. The van der Waals surface area contributed by atoms with Gasteiger partial charge in [0.15, 0.2) is 11.5 Å². The predicted octanol–water partition coefficient (Wildman–Crippen LogP) is 3.64. The molecular weight excluding hydrogens is 274 g/mol. The molecule has 4 nitrogen and oxygen atoms in total. The van der Waals surface area contributed by atoms with E-state index in [2.05, 4.69) is 19.8 Å². The van der Waals surface area contributed by atoms with E-state index in [1.54, 1.807) is 11.6 Å². The standard InChI is InChI=1S/C12H10F2N2O2S/c1-7(9-5-19-6-15-9)16-8-2-3-10-11(4-8)18-12(13,14)17-10/h2-7,16H,1H3. The number of hydrogen-bond donors (Lipinski definition) is 1. The van der Waals surface area contributed by atoms with Crippen LogP contribution < -0.4 is 14.8 Å². The van der Waals surface area contributed by atoms with Gasteiger partial charge in [0.2, 0.25) is 0 Å². The molecule has 100 valence electrons. The Morgan fingerprint density at radius 3 is 2.84 bits per heavy atom. The number of nitrogens with zero attached hydrogens (tertiary/aromatic N) is 1. The Labute approximate surface area is 112 Å². The molecule has 19 heavy (non-hydrogen) atoms. The van der Waals surface area contributed by atoms with Gasteiger partial charge in [0, 0.05) is 17.1 Å². The van der Waals surface area contributed by atoms with Crippen LogP contribution in [-0.4, -0.2) is 11.3 Å². The first-order valence-electron chi connectivity index (χ1n) is 5.58. The lowest BCUT2D eigenvalue weighted by Crippen LogP contribution is -2.25. The van der Waals surface area contributed by atoms with E-state index in [0.717, 1.165) is 5.69 Å². The summed E-state index contributed by atoms with van der Waals surface area (Å²) < 4.78 is 34.5. The average molecular weight is 284 g/mol. The summed E-state index contributed by atoms with van der Waals surface area (Å²) in [4.78, 5) is 4.19. The molecule has 1 aromatic heterocycles. The number of fused-ring (bicyclic) bond motifs is 1. The molecule has 1 aliphatic heterocycles. The Morgan fingerprint density at radius 2 is 2.11 bits per heavy atom. The third kappa shape index (κ3) is 2.46. The minimum Gasteiger partial charge on any atom is -0.395 e. The SMILES string of the molecule is CC(Nc1ccc2c(c1)OC(F)(F)O2)c1cscn1. The first-order valence-corrected chi connectivity index (χ1v) is 6.52. The second-order valence-corrected chi connectivity index (χ2v) is 4.83. The van der Waals surface area contributed by atoms with Crippen LogP contribution in [0.15, 0.2) is 29.1 Å². The Hall–Kier alpha value is -1.89. The normalized spacial score (nSPS) is 17.2. The van der Waals surface area contributed by atoms with Gasteiger partial charge in [-0.3, -0.25) is 0 Å². The van der Waals surface area contributed by atoms with Gasteiger partial charge < -0.3 is 14.8 Å². The lowest BCUT2D eigenvalue weighted by Gasteiger charge is -2.13. The summed E-state index contributed by atoms with van der Waals surface area (Å²) in [6.07, 6.45) is -3.58. The van der Waals surface area contributed by atoms with Crippen molar-refractivity contribution in [3.05, 3.63) is 34.8 Å². The Balaban J connectivity index is 1.77. The fourth-order valence-electron chi connectivity index (χ4n) is 1.80. The molecular formula is C12H10F2N2O2S. The summed E-state index contributed by atoms with van der Waals surface area (Å²) in [5.74, 6) is 0.0670. The van der Waals surface area contributed by atoms with E-state index in [1.165, 1.54) is 23.5 Å². The van der Waals surface area contributed by atoms with Crippen molar-refractivity contribution in [3.8, 4) is 11.5 Å². The number of benzene rings is 1. The van der Waals surface area contributed by atoms with Crippen molar-refractivity contribution < 1.29 is 18.3 Å². The maximum atomic E-state index is 12.9. The van der Waals surface area contributed by atoms with Crippen molar-refractivity contribution in [1.82, 2.24) is 4.98 Å². The molecule has 0 saturated heterocycles. The van der Waals surface area contributed by atoms with Gasteiger partial charge in [-0.15, -0.1) is 20.1 Å². The van der Waals surface area contributed by atoms with Gasteiger partial charge in [-0.25, -0.2) is 4.98 Å². The zero-order valence-corrected chi connectivity index (χ0v) is 10.7. The summed E-state index contributed by atoms with van der Waals surface area (Å²) in [7, 11) is 0. The number of rotatable bonds is 3. The molecule has 1 unspecified atom stereocenters. The molecule has 2 heterocycles. The topological polar surface area (TPSA) is 43.4 Å². The van der Waals surface area contributed by atoms with Crippen LogP contribution in [0.25, 0.3) is 0 Å². The van der Waals surface area contributed by atoms with Crippen LogP contribution in [0.5, 0.6) is 11.5 Å². The number of aromatic nitrogens is 1. The number of ether oxygens (including phenoxy) is 2. The van der Waals surface area contributed by atoms with Crippen molar-refractivity contribution in [2.75, 3.05) is 5.32 Å². The molecule has 1 aromatic carbocycles. The second-order valence-electron chi connectivity index (χ2n) is 4.11. The minimum atomic E-state index is -3.58. The molecule has 0 amide bonds. The Bertz CT molecular complexity index is 589. The molecule has 1 N–H and O–H groups in total. The lowest BCUT2D eigenvalue weighted by molar-refractivity contribution is -0.286. The van der Waals surface area contributed by atoms with Gasteiger partial charge in [-0.05, 0) is 19.1 Å². The van der Waals surface area contributed by atoms with E-state index in [4.69, 9.17) is 0 Å². The molecule has 1 aliphatic rings. The number of nitrogens with one attached hydrogen (secondary N) is 1. The number of anilines is 1. The Kier molecular flexibility index (Phi) is 2.78. The van der Waals surface area contributed by atoms with Crippen LogP contribution in [0.3, 0.4) is 0 Å². The highest BCUT2D eigenvalue weighted by Gasteiger charge is 2.43. The van der Waals surface area contributed by atoms with Gasteiger partial charge in [-0.2, -0.15) is 0 Å². The van der Waals surface area contributed by atoms with Gasteiger partial charge in [-0.1, -0.05) is 0 Å². The average Bonchev–Trinajstić information content (AvgIpc) is 2.93. The lowest BCUT2D eigenvalue weighted by atomic mass is 10.2. The molecule has 0 fully saturated rings. The third-order valence-corrected chi connectivity index (χ3v) is 3.28. The highest BCUT2D eigenvalue weighted by atomic mass is 32.1. The third-order valence-electron chi connectivity index (χ3n) is 2.68. The quantitative estimate of drug-likeness (QED) is 0.934. The van der Waals surface area contributed by atoms with Crippen LogP contribution in [-0.2, 0) is 0 Å². The fourth-order valence-corrected chi connectivity index (χ4v) is 2.45. The largest absolute Gasteiger partial charge is 0.586 e. The molecule has 3 rings (SSSR count). The van der Waals surface area contributed by atoms with Gasteiger partial charge in [0.1, 0.15) is 0 Å². The fraction of sp³-hybridized carbons (Fsp3) is 0.250. The van der Waals surface area contributed by atoms with Crippen molar-refractivity contribution in [2.45, 2.75) is 19.3 Å². The van der Waals surface area contributed by atoms with Crippen molar-refractivity contribution in [3.63, 3.8) is 0 Å². The molecule has 1 atom stereocenters. The molecule has 0 spiro atoms. The van der Waals surface area contributed by atoms with Crippen LogP contribution in [0, 0.1) is 0 Å². The van der Waals surface area contributed by atoms with Gasteiger partial charge in [0.05, 0.1) is 17.2 Å². The summed E-state index contributed by atoms with van der Waals surface area (Å²) in [6, 6.07) is 4.57. The van der Waals surface area contributed by atoms with Crippen LogP contribution in [0.1, 0.15) is 18.7 Å². The highest BCUT2D eigenvalue weighted by molar-refractivity contribution is 7.07. The number of thiazole rings is 1. The van der Waals surface area contributed by atoms with E-state index < -0.39 is 6.29 Å². The molecule has 2 aromatic rings. The molecule has 0 bridgehead atoms. The smallest absolute Gasteiger partial charge is 0.395 e. The van der Waals surface area contributed by atoms with Crippen LogP contribution in [0.2, 0.25) is 0 Å². The number of halogens is 2. The van der Waals surface area contributed by atoms with E-state index in [9.17, 15) is 8.78 Å².